The van der Waals surface area contributed by atoms with Gasteiger partial charge in [0, 0.05) is 6.61 Å². The summed E-state index contributed by atoms with van der Waals surface area (Å²) in [6.45, 7) is 0.638. The number of nitriles is 1. The van der Waals surface area contributed by atoms with E-state index in [1.54, 1.807) is 6.07 Å². The molecule has 1 saturated heterocycles. The summed E-state index contributed by atoms with van der Waals surface area (Å²) in [5.74, 6) is -0.852. The Bertz CT molecular complexity index is 586. The summed E-state index contributed by atoms with van der Waals surface area (Å²) in [4.78, 5) is 0. The van der Waals surface area contributed by atoms with E-state index < -0.39 is 20.9 Å². The van der Waals surface area contributed by atoms with Crippen molar-refractivity contribution in [3.05, 3.63) is 35.1 Å². The lowest BCUT2D eigenvalue weighted by Crippen LogP contribution is -2.23. The number of sulfone groups is 1. The highest BCUT2D eigenvalue weighted by Crippen LogP contribution is 2.20. The van der Waals surface area contributed by atoms with Gasteiger partial charge in [-0.3, -0.25) is 0 Å². The van der Waals surface area contributed by atoms with Gasteiger partial charge in [-0.2, -0.15) is 5.26 Å². The van der Waals surface area contributed by atoms with E-state index in [-0.39, 0.29) is 17.9 Å². The number of rotatable bonds is 3. The lowest BCUT2D eigenvalue weighted by Gasteiger charge is -2.10. The van der Waals surface area contributed by atoms with Gasteiger partial charge in [0.2, 0.25) is 0 Å². The first-order valence-electron chi connectivity index (χ1n) is 5.50. The molecule has 1 aromatic carbocycles. The van der Waals surface area contributed by atoms with Gasteiger partial charge in [-0.05, 0) is 30.2 Å². The van der Waals surface area contributed by atoms with Gasteiger partial charge in [0.1, 0.15) is 5.82 Å². The van der Waals surface area contributed by atoms with E-state index in [1.165, 1.54) is 6.07 Å². The number of ether oxygens (including phenoxy) is 1. The number of halogens is 1. The molecule has 1 aliphatic rings. The lowest BCUT2D eigenvalue weighted by molar-refractivity contribution is 0.198. The van der Waals surface area contributed by atoms with Crippen LogP contribution in [0.4, 0.5) is 4.39 Å². The minimum atomic E-state index is -3.36. The third-order valence-corrected chi connectivity index (χ3v) is 4.97. The molecule has 18 heavy (non-hydrogen) atoms. The molecule has 6 heteroatoms. The minimum Gasteiger partial charge on any atom is -0.380 e. The summed E-state index contributed by atoms with van der Waals surface area (Å²) in [7, 11) is -3.36. The Kier molecular flexibility index (Phi) is 3.64. The molecular formula is C12H12FNO3S. The minimum absolute atomic E-state index is 0.128. The van der Waals surface area contributed by atoms with Crippen molar-refractivity contribution in [1.82, 2.24) is 0 Å². The Morgan fingerprint density at radius 1 is 1.44 bits per heavy atom. The van der Waals surface area contributed by atoms with Crippen molar-refractivity contribution in [1.29, 1.82) is 5.26 Å². The van der Waals surface area contributed by atoms with Crippen molar-refractivity contribution in [2.24, 2.45) is 0 Å². The quantitative estimate of drug-likeness (QED) is 0.832. The molecule has 1 fully saturated rings. The van der Waals surface area contributed by atoms with Crippen LogP contribution in [-0.4, -0.2) is 26.9 Å². The first-order chi connectivity index (χ1) is 8.51. The largest absolute Gasteiger partial charge is 0.380 e. The molecule has 0 bridgehead atoms. The van der Waals surface area contributed by atoms with Gasteiger partial charge in [-0.25, -0.2) is 12.8 Å². The summed E-state index contributed by atoms with van der Waals surface area (Å²) >= 11 is 0. The van der Waals surface area contributed by atoms with E-state index in [0.717, 1.165) is 12.1 Å². The Labute approximate surface area is 105 Å². The van der Waals surface area contributed by atoms with Gasteiger partial charge < -0.3 is 4.74 Å². The average molecular weight is 269 g/mol. The fourth-order valence-corrected chi connectivity index (χ4v) is 3.57. The van der Waals surface area contributed by atoms with Crippen LogP contribution in [0.15, 0.2) is 18.2 Å². The van der Waals surface area contributed by atoms with Crippen LogP contribution < -0.4 is 0 Å². The molecule has 0 aromatic heterocycles. The van der Waals surface area contributed by atoms with Gasteiger partial charge in [-0.1, -0.05) is 0 Å². The average Bonchev–Trinajstić information content (AvgIpc) is 2.81. The Morgan fingerprint density at radius 2 is 2.22 bits per heavy atom. The lowest BCUT2D eigenvalue weighted by atomic mass is 10.1. The molecule has 1 aromatic rings. The maximum Gasteiger partial charge on any atom is 0.159 e. The van der Waals surface area contributed by atoms with E-state index in [2.05, 4.69) is 0 Å². The van der Waals surface area contributed by atoms with E-state index in [1.807, 2.05) is 0 Å². The third-order valence-electron chi connectivity index (χ3n) is 2.85. The fraction of sp³-hybridized carbons (Fsp3) is 0.417. The molecule has 96 valence electrons. The second-order valence-corrected chi connectivity index (χ2v) is 6.53. The zero-order valence-electron chi connectivity index (χ0n) is 9.60. The maximum atomic E-state index is 13.2. The van der Waals surface area contributed by atoms with Crippen molar-refractivity contribution >= 4 is 9.84 Å². The second kappa shape index (κ2) is 5.04. The van der Waals surface area contributed by atoms with Crippen LogP contribution in [0.1, 0.15) is 17.5 Å². The first kappa shape index (κ1) is 13.0. The van der Waals surface area contributed by atoms with Gasteiger partial charge in [0.25, 0.3) is 0 Å². The van der Waals surface area contributed by atoms with Gasteiger partial charge in [-0.15, -0.1) is 0 Å². The highest BCUT2D eigenvalue weighted by atomic mass is 32.2. The predicted octanol–water partition coefficient (Wildman–Crippen LogP) is 1.40. The summed E-state index contributed by atoms with van der Waals surface area (Å²) in [5.41, 5.74) is 0.432. The molecule has 1 aliphatic heterocycles. The summed E-state index contributed by atoms with van der Waals surface area (Å²) in [5, 5.41) is 8.19. The smallest absolute Gasteiger partial charge is 0.159 e. The van der Waals surface area contributed by atoms with Gasteiger partial charge in [0.15, 0.2) is 9.84 Å². The SMILES string of the molecule is N#Cc1cc(F)cc(CS(=O)(=O)C2CCOC2)c1. The second-order valence-electron chi connectivity index (χ2n) is 4.25. The van der Waals surface area contributed by atoms with Crippen molar-refractivity contribution in [2.45, 2.75) is 17.4 Å². The molecule has 0 spiro atoms. The Hall–Kier alpha value is -1.45. The van der Waals surface area contributed by atoms with Crippen molar-refractivity contribution < 1.29 is 17.5 Å². The molecule has 1 atom stereocenters. The molecule has 1 unspecified atom stereocenters. The molecule has 0 radical (unpaired) electrons. The monoisotopic (exact) mass is 269 g/mol. The van der Waals surface area contributed by atoms with Crippen LogP contribution in [0, 0.1) is 17.1 Å². The Morgan fingerprint density at radius 3 is 2.83 bits per heavy atom. The third kappa shape index (κ3) is 2.86. The van der Waals surface area contributed by atoms with Crippen molar-refractivity contribution in [3.63, 3.8) is 0 Å². The van der Waals surface area contributed by atoms with Gasteiger partial charge >= 0.3 is 0 Å². The first-order valence-corrected chi connectivity index (χ1v) is 7.22. The maximum absolute atomic E-state index is 13.2. The molecule has 0 amide bonds. The molecular weight excluding hydrogens is 257 g/mol. The molecule has 2 rings (SSSR count). The van der Waals surface area contributed by atoms with E-state index >= 15 is 0 Å². The van der Waals surface area contributed by atoms with E-state index in [9.17, 15) is 12.8 Å². The topological polar surface area (TPSA) is 67.2 Å². The highest BCUT2D eigenvalue weighted by molar-refractivity contribution is 7.91. The number of hydrogen-bond donors (Lipinski definition) is 0. The number of benzene rings is 1. The van der Waals surface area contributed by atoms with Crippen molar-refractivity contribution in [3.8, 4) is 6.07 Å². The normalized spacial score (nSPS) is 19.7. The van der Waals surface area contributed by atoms with Crippen LogP contribution >= 0.6 is 0 Å². The van der Waals surface area contributed by atoms with Crippen molar-refractivity contribution in [2.75, 3.05) is 13.2 Å². The highest BCUT2D eigenvalue weighted by Gasteiger charge is 2.29. The van der Waals surface area contributed by atoms with E-state index in [4.69, 9.17) is 10.00 Å². The Balaban J connectivity index is 2.23. The van der Waals surface area contributed by atoms with Crippen LogP contribution in [0.5, 0.6) is 0 Å². The number of hydrogen-bond acceptors (Lipinski definition) is 4. The zero-order valence-corrected chi connectivity index (χ0v) is 10.4. The van der Waals surface area contributed by atoms with Crippen LogP contribution in [-0.2, 0) is 20.3 Å². The standard InChI is InChI=1S/C12H12FNO3S/c13-11-4-9(6-14)3-10(5-11)8-18(15,16)12-1-2-17-7-12/h3-5,12H,1-2,7-8H2. The summed E-state index contributed by atoms with van der Waals surface area (Å²) in [6, 6.07) is 5.43. The summed E-state index contributed by atoms with van der Waals surface area (Å²) < 4.78 is 42.3. The van der Waals surface area contributed by atoms with Crippen LogP contribution in [0.25, 0.3) is 0 Å². The molecule has 1 heterocycles. The number of nitrogens with zero attached hydrogens (tertiary/aromatic N) is 1. The predicted molar refractivity (Wildman–Crippen MR) is 63.0 cm³/mol. The fourth-order valence-electron chi connectivity index (χ4n) is 1.94. The van der Waals surface area contributed by atoms with Crippen LogP contribution in [0.3, 0.4) is 0 Å². The molecule has 0 N–H and O–H groups in total. The van der Waals surface area contributed by atoms with Gasteiger partial charge in [0.05, 0.1) is 29.2 Å². The molecule has 0 saturated carbocycles. The molecule has 0 aliphatic carbocycles. The molecule has 4 nitrogen and oxygen atoms in total. The zero-order chi connectivity index (χ0) is 13.2. The van der Waals surface area contributed by atoms with Crippen LogP contribution in [0.2, 0.25) is 0 Å². The van der Waals surface area contributed by atoms with E-state index in [0.29, 0.717) is 18.6 Å². The summed E-state index contributed by atoms with van der Waals surface area (Å²) in [6.07, 6.45) is 0.475.